The average Bonchev–Trinajstić information content (AvgIpc) is 1.63. The van der Waals surface area contributed by atoms with Gasteiger partial charge in [0.25, 0.3) is 0 Å². The molecule has 0 heterocycles. The molecule has 0 atom stereocenters. The molecule has 0 bridgehead atoms. The zero-order valence-corrected chi connectivity index (χ0v) is 6.37. The van der Waals surface area contributed by atoms with Gasteiger partial charge in [0.15, 0.2) is 9.84 Å². The van der Waals surface area contributed by atoms with Gasteiger partial charge >= 0.3 is 0 Å². The highest BCUT2D eigenvalue weighted by Crippen LogP contribution is 1.95. The zero-order chi connectivity index (χ0) is 7.49. The van der Waals surface area contributed by atoms with Gasteiger partial charge in [-0.15, -0.1) is 0 Å². The Bertz CT molecular complexity index is 189. The van der Waals surface area contributed by atoms with E-state index < -0.39 is 9.84 Å². The van der Waals surface area contributed by atoms with Gasteiger partial charge in [0.05, 0.1) is 11.5 Å². The Morgan fingerprint density at radius 1 is 1.56 bits per heavy atom. The minimum atomic E-state index is -2.93. The molecule has 0 aliphatic heterocycles. The third-order valence-electron chi connectivity index (χ3n) is 0.777. The van der Waals surface area contributed by atoms with E-state index in [4.69, 9.17) is 0 Å². The predicted molar refractivity (Wildman–Crippen MR) is 38.8 cm³/mol. The summed E-state index contributed by atoms with van der Waals surface area (Å²) in [6.45, 7) is 8.45. The van der Waals surface area contributed by atoms with Crippen molar-refractivity contribution in [1.29, 1.82) is 0 Å². The van der Waals surface area contributed by atoms with Crippen LogP contribution in [0.25, 0.3) is 0 Å². The lowest BCUT2D eigenvalue weighted by atomic mass is 10.4. The maximum Gasteiger partial charge on any atom is 0.154 e. The zero-order valence-electron chi connectivity index (χ0n) is 5.55. The standard InChI is InChI=1S/C6H11O2S/c1-4-9(7,8)5-6(2)3/h1-2,4-5H2,3H3. The Labute approximate surface area is 56.5 Å². The average molecular weight is 147 g/mol. The van der Waals surface area contributed by atoms with E-state index in [1.807, 2.05) is 0 Å². The smallest absolute Gasteiger partial charge is 0.154 e. The molecular weight excluding hydrogens is 136 g/mol. The second-order valence-corrected chi connectivity index (χ2v) is 4.23. The van der Waals surface area contributed by atoms with Gasteiger partial charge in [0.1, 0.15) is 0 Å². The third kappa shape index (κ3) is 4.21. The summed E-state index contributed by atoms with van der Waals surface area (Å²) < 4.78 is 21.4. The molecule has 0 rings (SSSR count). The molecule has 3 heteroatoms. The number of hydrogen-bond acceptors (Lipinski definition) is 2. The molecule has 0 spiro atoms. The molecule has 0 unspecified atom stereocenters. The lowest BCUT2D eigenvalue weighted by Gasteiger charge is -1.97. The molecule has 53 valence electrons. The van der Waals surface area contributed by atoms with Crippen molar-refractivity contribution in [1.82, 2.24) is 0 Å². The molecular formula is C6H11O2S. The first-order valence-corrected chi connectivity index (χ1v) is 4.44. The fourth-order valence-corrected chi connectivity index (χ4v) is 1.34. The van der Waals surface area contributed by atoms with Crippen molar-refractivity contribution >= 4 is 9.84 Å². The Kier molecular flexibility index (Phi) is 2.91. The van der Waals surface area contributed by atoms with Gasteiger partial charge in [-0.2, -0.15) is 0 Å². The van der Waals surface area contributed by atoms with Gasteiger partial charge < -0.3 is 0 Å². The van der Waals surface area contributed by atoms with Crippen LogP contribution in [0.2, 0.25) is 0 Å². The van der Waals surface area contributed by atoms with E-state index in [9.17, 15) is 8.42 Å². The highest BCUT2D eigenvalue weighted by molar-refractivity contribution is 7.91. The summed E-state index contributed by atoms with van der Waals surface area (Å²) in [5, 5.41) is 0. The monoisotopic (exact) mass is 147 g/mol. The van der Waals surface area contributed by atoms with Gasteiger partial charge in [-0.3, -0.25) is 0 Å². The molecule has 9 heavy (non-hydrogen) atoms. The van der Waals surface area contributed by atoms with E-state index in [0.29, 0.717) is 5.57 Å². The number of rotatable bonds is 3. The van der Waals surface area contributed by atoms with E-state index in [1.165, 1.54) is 0 Å². The van der Waals surface area contributed by atoms with Crippen molar-refractivity contribution in [3.63, 3.8) is 0 Å². The normalized spacial score (nSPS) is 11.3. The van der Waals surface area contributed by atoms with Crippen LogP contribution in [0.3, 0.4) is 0 Å². The summed E-state index contributed by atoms with van der Waals surface area (Å²) in [6.07, 6.45) is 0. The molecule has 0 amide bonds. The lowest BCUT2D eigenvalue weighted by Crippen LogP contribution is -2.08. The number of hydrogen-bond donors (Lipinski definition) is 0. The van der Waals surface area contributed by atoms with Crippen LogP contribution in [0.5, 0.6) is 0 Å². The summed E-state index contributed by atoms with van der Waals surface area (Å²) in [6, 6.07) is 0. The van der Waals surface area contributed by atoms with Crippen LogP contribution in [0.15, 0.2) is 12.2 Å². The van der Waals surface area contributed by atoms with Gasteiger partial charge in [0, 0.05) is 0 Å². The highest BCUT2D eigenvalue weighted by atomic mass is 32.2. The van der Waals surface area contributed by atoms with Crippen LogP contribution in [0.4, 0.5) is 0 Å². The summed E-state index contributed by atoms with van der Waals surface area (Å²) in [5.74, 6) is 0.0242. The molecule has 0 aromatic heterocycles. The third-order valence-corrected chi connectivity index (χ3v) is 2.33. The second kappa shape index (κ2) is 3.01. The molecule has 2 nitrogen and oxygen atoms in total. The van der Waals surface area contributed by atoms with Crippen LogP contribution in [-0.4, -0.2) is 19.9 Å². The van der Waals surface area contributed by atoms with Gasteiger partial charge in [-0.25, -0.2) is 8.42 Å². The summed E-state index contributed by atoms with van der Waals surface area (Å²) in [5.41, 5.74) is 0.665. The Morgan fingerprint density at radius 2 is 2.00 bits per heavy atom. The highest BCUT2D eigenvalue weighted by Gasteiger charge is 2.05. The molecule has 0 aromatic rings. The maximum atomic E-state index is 10.7. The van der Waals surface area contributed by atoms with Crippen LogP contribution in [0, 0.1) is 6.92 Å². The van der Waals surface area contributed by atoms with E-state index in [0.717, 1.165) is 0 Å². The van der Waals surface area contributed by atoms with Gasteiger partial charge in [0.2, 0.25) is 0 Å². The fourth-order valence-electron chi connectivity index (χ4n) is 0.448. The molecule has 1 radical (unpaired) electrons. The van der Waals surface area contributed by atoms with E-state index in [2.05, 4.69) is 13.5 Å². The van der Waals surface area contributed by atoms with Crippen molar-refractivity contribution in [3.8, 4) is 0 Å². The SMILES string of the molecule is [CH2]CS(=O)(=O)CC(=C)C. The lowest BCUT2D eigenvalue weighted by molar-refractivity contribution is 0.601. The molecule has 0 saturated carbocycles. The van der Waals surface area contributed by atoms with E-state index in [-0.39, 0.29) is 11.5 Å². The van der Waals surface area contributed by atoms with Crippen molar-refractivity contribution in [2.45, 2.75) is 6.92 Å². The molecule has 0 aromatic carbocycles. The molecule has 0 N–H and O–H groups in total. The predicted octanol–water partition coefficient (Wildman–Crippen LogP) is 0.811. The molecule has 0 saturated heterocycles. The Morgan fingerprint density at radius 3 is 2.11 bits per heavy atom. The van der Waals surface area contributed by atoms with E-state index >= 15 is 0 Å². The first kappa shape index (κ1) is 8.69. The topological polar surface area (TPSA) is 34.1 Å². The largest absolute Gasteiger partial charge is 0.229 e. The summed E-state index contributed by atoms with van der Waals surface area (Å²) >= 11 is 0. The van der Waals surface area contributed by atoms with Crippen LogP contribution >= 0.6 is 0 Å². The van der Waals surface area contributed by atoms with Crippen molar-refractivity contribution in [2.75, 3.05) is 11.5 Å². The molecule has 0 aliphatic rings. The van der Waals surface area contributed by atoms with Crippen LogP contribution in [0.1, 0.15) is 6.92 Å². The minimum absolute atomic E-state index is 0.0418. The Balaban J connectivity index is 4.06. The summed E-state index contributed by atoms with van der Waals surface area (Å²) in [4.78, 5) is 0. The quantitative estimate of drug-likeness (QED) is 0.554. The first-order valence-electron chi connectivity index (χ1n) is 2.62. The minimum Gasteiger partial charge on any atom is -0.229 e. The number of sulfone groups is 1. The van der Waals surface area contributed by atoms with Gasteiger partial charge in [-0.05, 0) is 13.8 Å². The van der Waals surface area contributed by atoms with Crippen molar-refractivity contribution in [2.24, 2.45) is 0 Å². The van der Waals surface area contributed by atoms with Gasteiger partial charge in [-0.1, -0.05) is 12.2 Å². The summed E-state index contributed by atoms with van der Waals surface area (Å²) in [7, 11) is -2.93. The fraction of sp³-hybridized carbons (Fsp3) is 0.500. The van der Waals surface area contributed by atoms with E-state index in [1.54, 1.807) is 6.92 Å². The Hall–Kier alpha value is -0.310. The first-order chi connectivity index (χ1) is 3.98. The van der Waals surface area contributed by atoms with Crippen LogP contribution in [-0.2, 0) is 9.84 Å². The van der Waals surface area contributed by atoms with Crippen molar-refractivity contribution < 1.29 is 8.42 Å². The second-order valence-electron chi connectivity index (χ2n) is 2.05. The van der Waals surface area contributed by atoms with Crippen LogP contribution < -0.4 is 0 Å². The molecule has 0 fully saturated rings. The van der Waals surface area contributed by atoms with Crippen molar-refractivity contribution in [3.05, 3.63) is 19.1 Å². The maximum absolute atomic E-state index is 10.7. The molecule has 0 aliphatic carbocycles.